The Morgan fingerprint density at radius 2 is 1.54 bits per heavy atom. The van der Waals surface area contributed by atoms with Gasteiger partial charge in [-0.1, -0.05) is 30.4 Å². The summed E-state index contributed by atoms with van der Waals surface area (Å²) in [7, 11) is 0. The van der Waals surface area contributed by atoms with Crippen molar-refractivity contribution in [2.75, 3.05) is 5.43 Å². The average Bonchev–Trinajstić information content (AvgIpc) is 2.78. The maximum absolute atomic E-state index is 13.3. The Labute approximate surface area is 195 Å². The SMILES string of the molecule is CC(Oc1ccc(C(F)(F)F)cc1N/N=C1/C=CC=CC1N)(C(=O)O)c1ccc(C(F)(F)F)cc1. The number of benzene rings is 2. The van der Waals surface area contributed by atoms with Crippen molar-refractivity contribution in [2.45, 2.75) is 30.9 Å². The predicted molar refractivity (Wildman–Crippen MR) is 116 cm³/mol. The molecule has 2 aromatic carbocycles. The normalized spacial score (nSPS) is 18.9. The molecule has 0 saturated carbocycles. The summed E-state index contributed by atoms with van der Waals surface area (Å²) in [4.78, 5) is 12.1. The van der Waals surface area contributed by atoms with Crippen molar-refractivity contribution in [3.63, 3.8) is 0 Å². The maximum atomic E-state index is 13.3. The van der Waals surface area contributed by atoms with E-state index in [9.17, 15) is 36.2 Å². The van der Waals surface area contributed by atoms with E-state index in [1.54, 1.807) is 18.2 Å². The van der Waals surface area contributed by atoms with Gasteiger partial charge in [0.25, 0.3) is 0 Å². The van der Waals surface area contributed by atoms with Crippen LogP contribution in [-0.2, 0) is 22.7 Å². The molecule has 0 bridgehead atoms. The molecule has 35 heavy (non-hydrogen) atoms. The number of ether oxygens (including phenoxy) is 1. The van der Waals surface area contributed by atoms with Gasteiger partial charge >= 0.3 is 18.3 Å². The molecular weight excluding hydrogens is 480 g/mol. The summed E-state index contributed by atoms with van der Waals surface area (Å²) in [5, 5.41) is 13.8. The van der Waals surface area contributed by atoms with E-state index in [0.717, 1.165) is 25.1 Å². The van der Waals surface area contributed by atoms with Crippen LogP contribution >= 0.6 is 0 Å². The van der Waals surface area contributed by atoms with Gasteiger partial charge in [0.15, 0.2) is 0 Å². The molecule has 0 aromatic heterocycles. The lowest BCUT2D eigenvalue weighted by Gasteiger charge is -2.28. The summed E-state index contributed by atoms with van der Waals surface area (Å²) in [6, 6.07) is 4.82. The van der Waals surface area contributed by atoms with Crippen molar-refractivity contribution in [3.05, 3.63) is 83.5 Å². The maximum Gasteiger partial charge on any atom is 0.416 e. The first-order chi connectivity index (χ1) is 16.2. The second-order valence-corrected chi connectivity index (χ2v) is 7.64. The first-order valence-corrected chi connectivity index (χ1v) is 9.97. The first-order valence-electron chi connectivity index (χ1n) is 9.97. The molecule has 1 aliphatic rings. The van der Waals surface area contributed by atoms with Gasteiger partial charge in [0.2, 0.25) is 5.60 Å². The summed E-state index contributed by atoms with van der Waals surface area (Å²) >= 11 is 0. The fraction of sp³-hybridized carbons (Fsp3) is 0.217. The molecule has 12 heteroatoms. The molecule has 0 aliphatic heterocycles. The van der Waals surface area contributed by atoms with E-state index in [2.05, 4.69) is 10.5 Å². The number of nitrogens with zero attached hydrogens (tertiary/aromatic N) is 1. The topological polar surface area (TPSA) is 96.9 Å². The Morgan fingerprint density at radius 3 is 2.09 bits per heavy atom. The van der Waals surface area contributed by atoms with Crippen LogP contribution in [0.15, 0.2) is 71.9 Å². The zero-order valence-electron chi connectivity index (χ0n) is 18.0. The zero-order chi connectivity index (χ0) is 26.0. The van der Waals surface area contributed by atoms with Crippen LogP contribution in [0.1, 0.15) is 23.6 Å². The molecule has 0 spiro atoms. The summed E-state index contributed by atoms with van der Waals surface area (Å²) in [6.07, 6.45) is -2.99. The lowest BCUT2D eigenvalue weighted by molar-refractivity contribution is -0.154. The van der Waals surface area contributed by atoms with Crippen molar-refractivity contribution in [2.24, 2.45) is 10.8 Å². The quantitative estimate of drug-likeness (QED) is 0.369. The fourth-order valence-electron chi connectivity index (χ4n) is 3.09. The average molecular weight is 499 g/mol. The van der Waals surface area contributed by atoms with E-state index in [-0.39, 0.29) is 22.7 Å². The number of hydrazone groups is 1. The number of rotatable bonds is 6. The summed E-state index contributed by atoms with van der Waals surface area (Å²) in [5.74, 6) is -1.92. The Morgan fingerprint density at radius 1 is 0.971 bits per heavy atom. The van der Waals surface area contributed by atoms with E-state index >= 15 is 0 Å². The molecule has 0 saturated heterocycles. The molecule has 2 unspecified atom stereocenters. The summed E-state index contributed by atoms with van der Waals surface area (Å²) in [5.41, 5.74) is 3.74. The number of allylic oxidation sites excluding steroid dienone is 2. The summed E-state index contributed by atoms with van der Waals surface area (Å²) < 4.78 is 84.2. The second kappa shape index (κ2) is 9.45. The van der Waals surface area contributed by atoms with Gasteiger partial charge in [0, 0.05) is 5.56 Å². The molecule has 186 valence electrons. The Kier molecular flexibility index (Phi) is 6.97. The van der Waals surface area contributed by atoms with Crippen LogP contribution in [0.25, 0.3) is 0 Å². The smallest absolute Gasteiger partial charge is 0.416 e. The molecule has 2 atom stereocenters. The second-order valence-electron chi connectivity index (χ2n) is 7.64. The minimum Gasteiger partial charge on any atom is -0.478 e. The Bertz CT molecular complexity index is 1190. The van der Waals surface area contributed by atoms with Gasteiger partial charge in [-0.2, -0.15) is 31.4 Å². The Hall–Kier alpha value is -3.80. The van der Waals surface area contributed by atoms with E-state index in [0.29, 0.717) is 24.3 Å². The standard InChI is InChI=1S/C23H19F6N3O3/c1-21(20(33)34,13-6-8-14(9-7-13)22(24,25)26)35-19-11-10-15(23(27,28)29)12-18(19)32-31-17-5-3-2-4-16(17)30/h2-12,16,32H,30H2,1H3,(H,33,34)/b31-17-. The molecule has 2 aromatic rings. The number of anilines is 1. The highest BCUT2D eigenvalue weighted by atomic mass is 19.4. The van der Waals surface area contributed by atoms with Gasteiger partial charge in [0.05, 0.1) is 28.6 Å². The summed E-state index contributed by atoms with van der Waals surface area (Å²) in [6.45, 7) is 1.07. The Balaban J connectivity index is 2.02. The van der Waals surface area contributed by atoms with Gasteiger partial charge in [-0.05, 0) is 43.3 Å². The third-order valence-corrected chi connectivity index (χ3v) is 5.14. The van der Waals surface area contributed by atoms with Gasteiger partial charge in [-0.25, -0.2) is 4.79 Å². The number of alkyl halides is 6. The minimum atomic E-state index is -4.73. The molecule has 6 nitrogen and oxygen atoms in total. The van der Waals surface area contributed by atoms with Crippen LogP contribution in [0.5, 0.6) is 5.75 Å². The number of nitrogens with two attached hydrogens (primary N) is 1. The number of carboxylic acids is 1. The predicted octanol–water partition coefficient (Wildman–Crippen LogP) is 5.32. The molecule has 1 aliphatic carbocycles. The number of carboxylic acid groups (broad SMARTS) is 1. The number of aliphatic carboxylic acids is 1. The highest BCUT2D eigenvalue weighted by Crippen LogP contribution is 2.39. The molecular formula is C23H19F6N3O3. The van der Waals surface area contributed by atoms with Crippen LogP contribution in [0.3, 0.4) is 0 Å². The fourth-order valence-corrected chi connectivity index (χ4v) is 3.09. The number of carbonyl (C=O) groups is 1. The number of halogens is 6. The lowest BCUT2D eigenvalue weighted by Crippen LogP contribution is -2.38. The molecule has 0 fully saturated rings. The van der Waals surface area contributed by atoms with Crippen LogP contribution in [0.2, 0.25) is 0 Å². The molecule has 0 amide bonds. The molecule has 0 radical (unpaired) electrons. The van der Waals surface area contributed by atoms with Crippen molar-refractivity contribution in [1.82, 2.24) is 0 Å². The van der Waals surface area contributed by atoms with Gasteiger partial charge in [0.1, 0.15) is 5.75 Å². The van der Waals surface area contributed by atoms with Crippen LogP contribution in [-0.4, -0.2) is 22.8 Å². The van der Waals surface area contributed by atoms with Crippen molar-refractivity contribution < 1.29 is 41.0 Å². The van der Waals surface area contributed by atoms with E-state index < -0.39 is 41.1 Å². The van der Waals surface area contributed by atoms with E-state index in [1.165, 1.54) is 6.08 Å². The van der Waals surface area contributed by atoms with E-state index in [1.807, 2.05) is 0 Å². The monoisotopic (exact) mass is 499 g/mol. The highest BCUT2D eigenvalue weighted by molar-refractivity contribution is 6.02. The molecule has 3 rings (SSSR count). The largest absolute Gasteiger partial charge is 0.478 e. The zero-order valence-corrected chi connectivity index (χ0v) is 18.0. The highest BCUT2D eigenvalue weighted by Gasteiger charge is 2.40. The van der Waals surface area contributed by atoms with Crippen molar-refractivity contribution >= 4 is 17.4 Å². The van der Waals surface area contributed by atoms with Crippen LogP contribution in [0, 0.1) is 0 Å². The minimum absolute atomic E-state index is 0.169. The van der Waals surface area contributed by atoms with Crippen LogP contribution < -0.4 is 15.9 Å². The third-order valence-electron chi connectivity index (χ3n) is 5.14. The number of hydrogen-bond acceptors (Lipinski definition) is 5. The van der Waals surface area contributed by atoms with Crippen LogP contribution in [0.4, 0.5) is 32.0 Å². The third kappa shape index (κ3) is 5.83. The van der Waals surface area contributed by atoms with Crippen molar-refractivity contribution in [1.29, 1.82) is 0 Å². The van der Waals surface area contributed by atoms with Gasteiger partial charge in [-0.3, -0.25) is 5.43 Å². The van der Waals surface area contributed by atoms with Gasteiger partial charge in [-0.15, -0.1) is 0 Å². The van der Waals surface area contributed by atoms with E-state index in [4.69, 9.17) is 10.5 Å². The van der Waals surface area contributed by atoms with Gasteiger partial charge < -0.3 is 15.6 Å². The molecule has 4 N–H and O–H groups in total. The first kappa shape index (κ1) is 25.8. The number of hydrogen-bond donors (Lipinski definition) is 3. The number of nitrogens with one attached hydrogen (secondary N) is 1. The molecule has 0 heterocycles. The lowest BCUT2D eigenvalue weighted by atomic mass is 9.94. The van der Waals surface area contributed by atoms with Crippen molar-refractivity contribution in [3.8, 4) is 5.75 Å².